The van der Waals surface area contributed by atoms with Crippen LogP contribution in [0.15, 0.2) is 237 Å². The van der Waals surface area contributed by atoms with E-state index in [0.29, 0.717) is 0 Å². The molecule has 0 radical (unpaired) electrons. The second kappa shape index (κ2) is 14.2. The maximum atomic E-state index is 4.58. The molecule has 0 atom stereocenters. The van der Waals surface area contributed by atoms with Gasteiger partial charge in [0.15, 0.2) is 8.07 Å². The summed E-state index contributed by atoms with van der Waals surface area (Å²) in [6, 6.07) is 84.6. The molecular formula is C57H39B2N3Si. The van der Waals surface area contributed by atoms with E-state index in [9.17, 15) is 0 Å². The van der Waals surface area contributed by atoms with Crippen molar-refractivity contribution in [3.8, 4) is 0 Å². The Kier molecular flexibility index (Phi) is 8.12. The molecule has 1 aromatic heterocycles. The van der Waals surface area contributed by atoms with Gasteiger partial charge in [0, 0.05) is 46.2 Å². The van der Waals surface area contributed by atoms with Gasteiger partial charge in [0.05, 0.1) is 5.69 Å². The summed E-state index contributed by atoms with van der Waals surface area (Å²) in [6.07, 6.45) is 3.89. The number of hydrogen-bond acceptors (Lipinski definition) is 3. The average molecular weight is 816 g/mol. The quantitative estimate of drug-likeness (QED) is 0.185. The number of hydrogen-bond donors (Lipinski definition) is 0. The third kappa shape index (κ3) is 5.13. The first kappa shape index (κ1) is 36.0. The Hall–Kier alpha value is -7.66. The molecule has 3 aliphatic rings. The number of nitrogens with zero attached hydrogens (tertiary/aromatic N) is 3. The minimum Gasteiger partial charge on any atom is -0.312 e. The van der Waals surface area contributed by atoms with Crippen LogP contribution in [0.3, 0.4) is 0 Å². The molecule has 10 aromatic rings. The number of benzene rings is 9. The van der Waals surface area contributed by atoms with Gasteiger partial charge in [-0.25, -0.2) is 0 Å². The van der Waals surface area contributed by atoms with Crippen LogP contribution in [-0.2, 0) is 0 Å². The summed E-state index contributed by atoms with van der Waals surface area (Å²) in [4.78, 5) is 9.78. The van der Waals surface area contributed by atoms with Crippen LogP contribution in [-0.4, -0.2) is 26.5 Å². The highest BCUT2D eigenvalue weighted by molar-refractivity contribution is 7.27. The predicted molar refractivity (Wildman–Crippen MR) is 270 cm³/mol. The van der Waals surface area contributed by atoms with Crippen LogP contribution in [0.4, 0.5) is 34.1 Å². The van der Waals surface area contributed by atoms with Crippen molar-refractivity contribution in [1.82, 2.24) is 4.98 Å². The number of anilines is 6. The topological polar surface area (TPSA) is 19.4 Å². The monoisotopic (exact) mass is 815 g/mol. The molecule has 0 amide bonds. The Bertz CT molecular complexity index is 3340. The first-order valence-electron chi connectivity index (χ1n) is 21.9. The van der Waals surface area contributed by atoms with Crippen molar-refractivity contribution in [2.75, 3.05) is 9.80 Å². The molecule has 13 rings (SSSR count). The van der Waals surface area contributed by atoms with E-state index in [-0.39, 0.29) is 13.4 Å². The van der Waals surface area contributed by atoms with Gasteiger partial charge in [-0.3, -0.25) is 4.98 Å². The van der Waals surface area contributed by atoms with E-state index in [0.717, 1.165) is 5.69 Å². The molecule has 0 N–H and O–H groups in total. The van der Waals surface area contributed by atoms with E-state index in [4.69, 9.17) is 0 Å². The lowest BCUT2D eigenvalue weighted by Crippen LogP contribution is -2.88. The largest absolute Gasteiger partial charge is 0.312 e. The molecule has 0 fully saturated rings. The van der Waals surface area contributed by atoms with Crippen LogP contribution >= 0.6 is 0 Å². The molecule has 292 valence electrons. The Morgan fingerprint density at radius 1 is 0.381 bits per heavy atom. The molecule has 0 aliphatic carbocycles. The maximum Gasteiger partial charge on any atom is 0.249 e. The number of fused-ring (bicyclic) bond motifs is 8. The fourth-order valence-corrected chi connectivity index (χ4v) is 16.8. The molecule has 9 aromatic carbocycles. The van der Waals surface area contributed by atoms with Crippen LogP contribution in [0.2, 0.25) is 0 Å². The van der Waals surface area contributed by atoms with Crippen LogP contribution in [0.1, 0.15) is 0 Å². The van der Waals surface area contributed by atoms with Crippen LogP contribution in [0.5, 0.6) is 0 Å². The summed E-state index contributed by atoms with van der Waals surface area (Å²) in [5.41, 5.74) is 15.1. The Balaban J connectivity index is 1.30. The number of pyridine rings is 1. The molecular weight excluding hydrogens is 776 g/mol. The fraction of sp³-hybridized carbons (Fsp3) is 0. The minimum absolute atomic E-state index is 0.00145. The Morgan fingerprint density at radius 3 is 1.63 bits per heavy atom. The maximum absolute atomic E-state index is 4.58. The lowest BCUT2D eigenvalue weighted by molar-refractivity contribution is 1.25. The van der Waals surface area contributed by atoms with Gasteiger partial charge in [0.25, 0.3) is 0 Å². The van der Waals surface area contributed by atoms with Crippen molar-refractivity contribution in [1.29, 1.82) is 0 Å². The van der Waals surface area contributed by atoms with Crippen molar-refractivity contribution < 1.29 is 0 Å². The predicted octanol–water partition coefficient (Wildman–Crippen LogP) is 6.52. The normalized spacial score (nSPS) is 14.0. The smallest absolute Gasteiger partial charge is 0.249 e. The van der Waals surface area contributed by atoms with Gasteiger partial charge in [-0.2, -0.15) is 0 Å². The van der Waals surface area contributed by atoms with Gasteiger partial charge in [-0.15, -0.1) is 0 Å². The Morgan fingerprint density at radius 2 is 0.921 bits per heavy atom. The molecule has 3 aliphatic heterocycles. The van der Waals surface area contributed by atoms with Gasteiger partial charge in [0.2, 0.25) is 13.4 Å². The summed E-state index contributed by atoms with van der Waals surface area (Å²) in [7, 11) is -3.09. The van der Waals surface area contributed by atoms with E-state index >= 15 is 0 Å². The van der Waals surface area contributed by atoms with Crippen LogP contribution in [0.25, 0.3) is 10.8 Å². The molecule has 4 heterocycles. The lowest BCUT2D eigenvalue weighted by atomic mass is 9.30. The SMILES string of the molecule is c1ccc(B2c3ccccc3N(c3cccc4ccccc34)c3cc4c5c(c32)N(c2ccncc2)c2ccccc2B5c2ccccc2[Si]4(c2ccccc2)c2ccccc2)cc1. The number of aromatic nitrogens is 1. The van der Waals surface area contributed by atoms with E-state index in [1.54, 1.807) is 0 Å². The lowest BCUT2D eigenvalue weighted by Gasteiger charge is -2.50. The highest BCUT2D eigenvalue weighted by Crippen LogP contribution is 2.44. The summed E-state index contributed by atoms with van der Waals surface area (Å²) < 4.78 is 0. The minimum atomic E-state index is -3.09. The Labute approximate surface area is 369 Å². The molecule has 6 heteroatoms. The van der Waals surface area contributed by atoms with E-state index in [1.165, 1.54) is 92.7 Å². The van der Waals surface area contributed by atoms with Gasteiger partial charge in [0.1, 0.15) is 0 Å². The molecule has 0 unspecified atom stereocenters. The van der Waals surface area contributed by atoms with E-state index in [1.807, 2.05) is 12.4 Å². The van der Waals surface area contributed by atoms with E-state index in [2.05, 4.69) is 239 Å². The van der Waals surface area contributed by atoms with Gasteiger partial charge >= 0.3 is 0 Å². The summed E-state index contributed by atoms with van der Waals surface area (Å²) in [5.74, 6) is 0. The molecule has 63 heavy (non-hydrogen) atoms. The zero-order chi connectivity index (χ0) is 41.5. The first-order chi connectivity index (χ1) is 31.3. The molecule has 0 saturated carbocycles. The molecule has 0 spiro atoms. The third-order valence-electron chi connectivity index (χ3n) is 13.9. The van der Waals surface area contributed by atoms with Crippen molar-refractivity contribution in [3.05, 3.63) is 237 Å². The van der Waals surface area contributed by atoms with Crippen molar-refractivity contribution in [2.45, 2.75) is 0 Å². The standard InChI is InChI=1S/C57H39B2N3Si/c1-4-21-41(22-5-1)58-46-28-12-16-32-51(46)62(49-33-18-20-40-19-10-11-27-45(40)49)52-39-54-56-57(55(52)58)61(42-35-37-60-38-36-42)50-31-15-13-29-47(50)59(56)48-30-14-17-34-53(48)63(54,43-23-6-2-7-24-43)44-25-8-3-9-26-44/h1-39H. The first-order valence-corrected chi connectivity index (χ1v) is 23.9. The van der Waals surface area contributed by atoms with Gasteiger partial charge in [-0.1, -0.05) is 199 Å². The number of rotatable bonds is 5. The molecule has 0 bridgehead atoms. The van der Waals surface area contributed by atoms with Crippen molar-refractivity contribution in [2.24, 2.45) is 0 Å². The highest BCUT2D eigenvalue weighted by atomic mass is 28.3. The summed E-state index contributed by atoms with van der Waals surface area (Å²) in [5, 5.41) is 8.08. The second-order valence-electron chi connectivity index (χ2n) is 17.0. The number of para-hydroxylation sites is 2. The second-order valence-corrected chi connectivity index (χ2v) is 20.7. The van der Waals surface area contributed by atoms with Gasteiger partial charge in [-0.05, 0) is 84.4 Å². The molecule has 3 nitrogen and oxygen atoms in total. The fourth-order valence-electron chi connectivity index (χ4n) is 11.6. The zero-order valence-electron chi connectivity index (χ0n) is 34.5. The third-order valence-corrected chi connectivity index (χ3v) is 18.8. The zero-order valence-corrected chi connectivity index (χ0v) is 35.5. The van der Waals surface area contributed by atoms with Crippen LogP contribution in [0, 0.1) is 0 Å². The highest BCUT2D eigenvalue weighted by Gasteiger charge is 2.55. The van der Waals surface area contributed by atoms with E-state index < -0.39 is 8.07 Å². The average Bonchev–Trinajstić information content (AvgIpc) is 3.36. The van der Waals surface area contributed by atoms with Crippen molar-refractivity contribution in [3.63, 3.8) is 0 Å². The van der Waals surface area contributed by atoms with Crippen LogP contribution < -0.4 is 63.3 Å². The summed E-state index contributed by atoms with van der Waals surface area (Å²) >= 11 is 0. The van der Waals surface area contributed by atoms with Crippen molar-refractivity contribution >= 4 is 120 Å². The summed E-state index contributed by atoms with van der Waals surface area (Å²) in [6.45, 7) is -0.0701. The van der Waals surface area contributed by atoms with Gasteiger partial charge < -0.3 is 9.80 Å². The molecule has 0 saturated heterocycles.